The van der Waals surface area contributed by atoms with E-state index in [1.807, 2.05) is 6.92 Å². The Morgan fingerprint density at radius 1 is 1.23 bits per heavy atom. The van der Waals surface area contributed by atoms with E-state index in [4.69, 9.17) is 17.3 Å². The van der Waals surface area contributed by atoms with Crippen LogP contribution in [0.4, 0.5) is 0 Å². The highest BCUT2D eigenvalue weighted by Gasteiger charge is 2.26. The maximum atomic E-state index is 12.4. The lowest BCUT2D eigenvalue weighted by molar-refractivity contribution is -0.136. The fraction of sp³-hybridized carbons (Fsp3) is 0.467. The molecule has 1 heterocycles. The van der Waals surface area contributed by atoms with Crippen molar-refractivity contribution in [3.05, 3.63) is 34.9 Å². The normalized spacial score (nSPS) is 16.0. The van der Waals surface area contributed by atoms with Gasteiger partial charge < -0.3 is 15.5 Å². The Balaban J connectivity index is 0.00000242. The lowest BCUT2D eigenvalue weighted by Gasteiger charge is -2.36. The molecule has 2 rings (SSSR count). The van der Waals surface area contributed by atoms with Gasteiger partial charge in [-0.05, 0) is 18.2 Å². The van der Waals surface area contributed by atoms with E-state index >= 15 is 0 Å². The van der Waals surface area contributed by atoms with Crippen LogP contribution in [0.25, 0.3) is 0 Å². The number of nitrogens with two attached hydrogens (primary N) is 1. The maximum Gasteiger partial charge on any atom is 0.254 e. The fourth-order valence-corrected chi connectivity index (χ4v) is 2.54. The van der Waals surface area contributed by atoms with E-state index in [0.717, 1.165) is 0 Å². The molecule has 1 aromatic rings. The SMILES string of the molecule is CC(CN)C(=O)N1CCN(C(=O)c2cccc(Cl)c2)CC1.Cl. The molecule has 1 saturated heterocycles. The van der Waals surface area contributed by atoms with Crippen molar-refractivity contribution < 1.29 is 9.59 Å². The molecule has 2 N–H and O–H groups in total. The van der Waals surface area contributed by atoms with Crippen LogP contribution in [-0.2, 0) is 4.79 Å². The summed E-state index contributed by atoms with van der Waals surface area (Å²) in [5.74, 6) is -0.149. The fourth-order valence-electron chi connectivity index (χ4n) is 2.35. The van der Waals surface area contributed by atoms with Crippen LogP contribution >= 0.6 is 24.0 Å². The van der Waals surface area contributed by atoms with Crippen molar-refractivity contribution in [3.63, 3.8) is 0 Å². The standard InChI is InChI=1S/C15H20ClN3O2.ClH/c1-11(10-17)14(20)18-5-7-19(8-6-18)15(21)12-3-2-4-13(16)9-12;/h2-4,9,11H,5-8,10,17H2,1H3;1H. The summed E-state index contributed by atoms with van der Waals surface area (Å²) in [7, 11) is 0. The van der Waals surface area contributed by atoms with Crippen LogP contribution in [0.2, 0.25) is 5.02 Å². The number of rotatable bonds is 3. The highest BCUT2D eigenvalue weighted by Crippen LogP contribution is 2.14. The van der Waals surface area contributed by atoms with Gasteiger partial charge in [0, 0.05) is 49.2 Å². The Bertz CT molecular complexity index is 531. The smallest absolute Gasteiger partial charge is 0.254 e. The van der Waals surface area contributed by atoms with Gasteiger partial charge in [0.25, 0.3) is 5.91 Å². The van der Waals surface area contributed by atoms with Crippen LogP contribution < -0.4 is 5.73 Å². The van der Waals surface area contributed by atoms with Crippen LogP contribution in [0.5, 0.6) is 0 Å². The molecule has 1 unspecified atom stereocenters. The molecular weight excluding hydrogens is 325 g/mol. The first-order valence-electron chi connectivity index (χ1n) is 7.06. The van der Waals surface area contributed by atoms with Crippen LogP contribution in [-0.4, -0.2) is 54.3 Å². The highest BCUT2D eigenvalue weighted by atomic mass is 35.5. The Labute approximate surface area is 141 Å². The molecule has 0 spiro atoms. The lowest BCUT2D eigenvalue weighted by Crippen LogP contribution is -2.52. The second-order valence-electron chi connectivity index (χ2n) is 5.26. The third-order valence-electron chi connectivity index (χ3n) is 3.73. The molecule has 1 atom stereocenters. The quantitative estimate of drug-likeness (QED) is 0.905. The monoisotopic (exact) mass is 345 g/mol. The largest absolute Gasteiger partial charge is 0.339 e. The van der Waals surface area contributed by atoms with Crippen LogP contribution in [0, 0.1) is 5.92 Å². The van der Waals surface area contributed by atoms with E-state index in [0.29, 0.717) is 43.3 Å². The van der Waals surface area contributed by atoms with Gasteiger partial charge >= 0.3 is 0 Å². The first-order chi connectivity index (χ1) is 10.0. The van der Waals surface area contributed by atoms with Gasteiger partial charge in [-0.1, -0.05) is 24.6 Å². The average molecular weight is 346 g/mol. The van der Waals surface area contributed by atoms with Gasteiger partial charge in [-0.15, -0.1) is 12.4 Å². The highest BCUT2D eigenvalue weighted by molar-refractivity contribution is 6.30. The van der Waals surface area contributed by atoms with E-state index in [9.17, 15) is 9.59 Å². The van der Waals surface area contributed by atoms with Gasteiger partial charge in [0.15, 0.2) is 0 Å². The number of carbonyl (C=O) groups excluding carboxylic acids is 2. The number of amides is 2. The molecule has 0 aliphatic carbocycles. The summed E-state index contributed by atoms with van der Waals surface area (Å²) in [5, 5.41) is 0.548. The molecule has 7 heteroatoms. The summed E-state index contributed by atoms with van der Waals surface area (Å²) in [6.45, 7) is 4.35. The molecule has 122 valence electrons. The van der Waals surface area contributed by atoms with Crippen molar-refractivity contribution in [2.45, 2.75) is 6.92 Å². The number of hydrogen-bond donors (Lipinski definition) is 1. The average Bonchev–Trinajstić information content (AvgIpc) is 2.53. The third kappa shape index (κ3) is 4.35. The number of nitrogens with zero attached hydrogens (tertiary/aromatic N) is 2. The van der Waals surface area contributed by atoms with Crippen molar-refractivity contribution in [2.24, 2.45) is 11.7 Å². The van der Waals surface area contributed by atoms with Gasteiger partial charge in [-0.2, -0.15) is 0 Å². The second-order valence-corrected chi connectivity index (χ2v) is 5.70. The zero-order valence-electron chi connectivity index (χ0n) is 12.5. The summed E-state index contributed by atoms with van der Waals surface area (Å²) in [6.07, 6.45) is 0. The van der Waals surface area contributed by atoms with E-state index in [1.165, 1.54) is 0 Å². The summed E-state index contributed by atoms with van der Waals surface area (Å²) in [5.41, 5.74) is 6.10. The summed E-state index contributed by atoms with van der Waals surface area (Å²) in [6, 6.07) is 6.92. The Morgan fingerprint density at radius 2 is 1.82 bits per heavy atom. The van der Waals surface area contributed by atoms with Crippen molar-refractivity contribution >= 4 is 35.8 Å². The van der Waals surface area contributed by atoms with Gasteiger partial charge in [0.1, 0.15) is 0 Å². The number of piperazine rings is 1. The topological polar surface area (TPSA) is 66.6 Å². The van der Waals surface area contributed by atoms with Crippen LogP contribution in [0.1, 0.15) is 17.3 Å². The van der Waals surface area contributed by atoms with Crippen molar-refractivity contribution in [3.8, 4) is 0 Å². The molecule has 5 nitrogen and oxygen atoms in total. The number of benzene rings is 1. The molecular formula is C15H21Cl2N3O2. The minimum absolute atomic E-state index is 0. The minimum atomic E-state index is -0.166. The predicted molar refractivity (Wildman–Crippen MR) is 89.4 cm³/mol. The first-order valence-corrected chi connectivity index (χ1v) is 7.44. The van der Waals surface area contributed by atoms with Crippen molar-refractivity contribution in [1.82, 2.24) is 9.80 Å². The summed E-state index contributed by atoms with van der Waals surface area (Å²) >= 11 is 5.91. The molecule has 0 radical (unpaired) electrons. The van der Waals surface area contributed by atoms with Gasteiger partial charge in [-0.3, -0.25) is 9.59 Å². The third-order valence-corrected chi connectivity index (χ3v) is 3.96. The number of carbonyl (C=O) groups is 2. The van der Waals surface area contributed by atoms with Crippen LogP contribution in [0.15, 0.2) is 24.3 Å². The zero-order chi connectivity index (χ0) is 15.4. The van der Waals surface area contributed by atoms with E-state index in [-0.39, 0.29) is 30.1 Å². The Kier molecular flexibility index (Phi) is 7.13. The molecule has 0 saturated carbocycles. The van der Waals surface area contributed by atoms with Gasteiger partial charge in [0.2, 0.25) is 5.91 Å². The number of hydrogen-bond acceptors (Lipinski definition) is 3. The molecule has 1 aliphatic heterocycles. The van der Waals surface area contributed by atoms with Crippen molar-refractivity contribution in [2.75, 3.05) is 32.7 Å². The minimum Gasteiger partial charge on any atom is -0.339 e. The van der Waals surface area contributed by atoms with Gasteiger partial charge in [-0.25, -0.2) is 0 Å². The molecule has 1 aromatic carbocycles. The Hall–Kier alpha value is -1.30. The zero-order valence-corrected chi connectivity index (χ0v) is 14.1. The molecule has 1 aliphatic rings. The van der Waals surface area contributed by atoms with Crippen LogP contribution in [0.3, 0.4) is 0 Å². The molecule has 22 heavy (non-hydrogen) atoms. The maximum absolute atomic E-state index is 12.4. The molecule has 2 amide bonds. The molecule has 1 fully saturated rings. The van der Waals surface area contributed by atoms with E-state index < -0.39 is 0 Å². The predicted octanol–water partition coefficient (Wildman–Crippen LogP) is 1.64. The van der Waals surface area contributed by atoms with E-state index in [2.05, 4.69) is 0 Å². The second kappa shape index (κ2) is 8.36. The molecule has 0 bridgehead atoms. The van der Waals surface area contributed by atoms with Gasteiger partial charge in [0.05, 0.1) is 0 Å². The van der Waals surface area contributed by atoms with E-state index in [1.54, 1.807) is 34.1 Å². The summed E-state index contributed by atoms with van der Waals surface area (Å²) < 4.78 is 0. The first kappa shape index (κ1) is 18.7. The molecule has 0 aromatic heterocycles. The Morgan fingerprint density at radius 3 is 2.36 bits per heavy atom. The van der Waals surface area contributed by atoms with Crippen molar-refractivity contribution in [1.29, 1.82) is 0 Å². The lowest BCUT2D eigenvalue weighted by atomic mass is 10.1. The summed E-state index contributed by atoms with van der Waals surface area (Å²) in [4.78, 5) is 27.9. The number of halogens is 2.